The van der Waals surface area contributed by atoms with Gasteiger partial charge in [-0.05, 0) is 12.1 Å². The van der Waals surface area contributed by atoms with E-state index in [0.717, 1.165) is 18.1 Å². The van der Waals surface area contributed by atoms with Crippen LogP contribution in [0.2, 0.25) is 0 Å². The smallest absolute Gasteiger partial charge is 0.269 e. The van der Waals surface area contributed by atoms with E-state index >= 15 is 0 Å². The second kappa shape index (κ2) is 3.55. The van der Waals surface area contributed by atoms with E-state index in [-0.39, 0.29) is 10.6 Å². The summed E-state index contributed by atoms with van der Waals surface area (Å²) in [6.07, 6.45) is 4.04. The van der Waals surface area contributed by atoms with Gasteiger partial charge in [0.2, 0.25) is 12.4 Å². The Morgan fingerprint density at radius 3 is 2.65 bits per heavy atom. The number of nitro benzene ring substituents is 1. The number of fused-ring (bicyclic) bond motifs is 1. The second-order valence-electron chi connectivity index (χ2n) is 3.92. The average Bonchev–Trinajstić information content (AvgIpc) is 2.89. The monoisotopic (exact) mass is 228 g/mol. The predicted octanol–water partition coefficient (Wildman–Crippen LogP) is 2.13. The Morgan fingerprint density at radius 2 is 2.00 bits per heavy atom. The van der Waals surface area contributed by atoms with Crippen LogP contribution in [0.4, 0.5) is 11.4 Å². The molecule has 2 aromatic rings. The molecule has 0 fully saturated rings. The fourth-order valence-electron chi connectivity index (χ4n) is 1.96. The van der Waals surface area contributed by atoms with Gasteiger partial charge in [-0.1, -0.05) is 0 Å². The molecule has 0 bridgehead atoms. The Kier molecular flexibility index (Phi) is 2.04. The highest BCUT2D eigenvalue weighted by Gasteiger charge is 2.19. The van der Waals surface area contributed by atoms with Gasteiger partial charge >= 0.3 is 0 Å². The number of non-ortho nitro benzene ring substituents is 1. The van der Waals surface area contributed by atoms with E-state index in [0.29, 0.717) is 0 Å². The van der Waals surface area contributed by atoms with Crippen molar-refractivity contribution in [1.82, 2.24) is 4.57 Å². The Morgan fingerprint density at radius 1 is 1.24 bits per heavy atom. The molecule has 0 N–H and O–H groups in total. The van der Waals surface area contributed by atoms with Crippen LogP contribution in [0.15, 0.2) is 42.6 Å². The summed E-state index contributed by atoms with van der Waals surface area (Å²) in [6.45, 7) is 0.750. The number of aromatic nitrogens is 1. The van der Waals surface area contributed by atoms with E-state index in [2.05, 4.69) is 9.14 Å². The first-order valence-corrected chi connectivity index (χ1v) is 5.25. The van der Waals surface area contributed by atoms with Gasteiger partial charge in [-0.25, -0.2) is 0 Å². The van der Waals surface area contributed by atoms with E-state index in [1.807, 2.05) is 24.5 Å². The minimum atomic E-state index is -0.388. The minimum absolute atomic E-state index is 0.118. The lowest BCUT2D eigenvalue weighted by atomic mass is 10.3. The Hall–Kier alpha value is -2.43. The van der Waals surface area contributed by atoms with Crippen molar-refractivity contribution in [1.29, 1.82) is 0 Å². The van der Waals surface area contributed by atoms with E-state index in [4.69, 9.17) is 0 Å². The third-order valence-electron chi connectivity index (χ3n) is 2.85. The molecule has 3 rings (SSSR count). The van der Waals surface area contributed by atoms with Crippen molar-refractivity contribution in [3.05, 3.63) is 58.4 Å². The van der Waals surface area contributed by atoms with Gasteiger partial charge in [0.15, 0.2) is 6.21 Å². The highest BCUT2D eigenvalue weighted by atomic mass is 16.6. The van der Waals surface area contributed by atoms with Crippen LogP contribution in [0, 0.1) is 10.1 Å². The molecule has 84 valence electrons. The standard InChI is InChI=1S/C12H10N3O2/c16-15(17)11-5-3-10(4-6-11)14-8-12-2-1-7-13(12)9-14/h1-8H,9H2/q+1. The Balaban J connectivity index is 1.92. The van der Waals surface area contributed by atoms with Gasteiger partial charge in [-0.2, -0.15) is 4.58 Å². The summed E-state index contributed by atoms with van der Waals surface area (Å²) < 4.78 is 4.17. The number of rotatable bonds is 2. The van der Waals surface area contributed by atoms with Crippen molar-refractivity contribution in [2.75, 3.05) is 0 Å². The zero-order chi connectivity index (χ0) is 11.8. The average molecular weight is 228 g/mol. The van der Waals surface area contributed by atoms with E-state index < -0.39 is 0 Å². The third kappa shape index (κ3) is 1.61. The molecule has 5 heteroatoms. The van der Waals surface area contributed by atoms with Gasteiger partial charge in [0.25, 0.3) is 5.69 Å². The van der Waals surface area contributed by atoms with Gasteiger partial charge in [0.1, 0.15) is 5.69 Å². The lowest BCUT2D eigenvalue weighted by Crippen LogP contribution is -2.03. The number of hydrogen-bond donors (Lipinski definition) is 0. The molecular weight excluding hydrogens is 218 g/mol. The molecular formula is C12H10N3O2+. The number of nitro groups is 1. The first-order chi connectivity index (χ1) is 8.24. The second-order valence-corrected chi connectivity index (χ2v) is 3.92. The van der Waals surface area contributed by atoms with Gasteiger partial charge in [-0.3, -0.25) is 14.7 Å². The first-order valence-electron chi connectivity index (χ1n) is 5.25. The summed E-state index contributed by atoms with van der Waals surface area (Å²) in [4.78, 5) is 10.2. The Labute approximate surface area is 97.4 Å². The largest absolute Gasteiger partial charge is 0.287 e. The number of hydrogen-bond acceptors (Lipinski definition) is 2. The molecule has 1 aromatic heterocycles. The van der Waals surface area contributed by atoms with Crippen molar-refractivity contribution in [2.24, 2.45) is 0 Å². The molecule has 0 saturated heterocycles. The predicted molar refractivity (Wildman–Crippen MR) is 62.6 cm³/mol. The van der Waals surface area contributed by atoms with E-state index in [1.54, 1.807) is 12.1 Å². The molecule has 5 nitrogen and oxygen atoms in total. The zero-order valence-electron chi connectivity index (χ0n) is 8.98. The summed E-state index contributed by atoms with van der Waals surface area (Å²) in [5.41, 5.74) is 2.22. The van der Waals surface area contributed by atoms with Gasteiger partial charge in [-0.15, -0.1) is 0 Å². The molecule has 0 radical (unpaired) electrons. The minimum Gasteiger partial charge on any atom is -0.287 e. The molecule has 0 atom stereocenters. The maximum absolute atomic E-state index is 10.6. The SMILES string of the molecule is O=[N+]([O-])c1ccc([N+]2=Cc3cccn3C2)cc1. The number of nitrogens with zero attached hydrogens (tertiary/aromatic N) is 3. The van der Waals surface area contributed by atoms with Crippen LogP contribution in [0.25, 0.3) is 0 Å². The van der Waals surface area contributed by atoms with Crippen LogP contribution in [0.5, 0.6) is 0 Å². The van der Waals surface area contributed by atoms with Gasteiger partial charge in [0, 0.05) is 30.5 Å². The van der Waals surface area contributed by atoms with Crippen LogP contribution >= 0.6 is 0 Å². The van der Waals surface area contributed by atoms with Crippen LogP contribution in [0.3, 0.4) is 0 Å². The molecule has 0 aliphatic carbocycles. The normalized spacial score (nSPS) is 13.3. The van der Waals surface area contributed by atoms with Crippen molar-refractivity contribution >= 4 is 17.6 Å². The van der Waals surface area contributed by atoms with E-state index in [1.165, 1.54) is 12.1 Å². The quantitative estimate of drug-likeness (QED) is 0.449. The molecule has 1 aliphatic rings. The molecule has 2 heterocycles. The summed E-state index contributed by atoms with van der Waals surface area (Å²) in [7, 11) is 0. The van der Waals surface area contributed by atoms with Crippen LogP contribution in [0.1, 0.15) is 5.69 Å². The highest BCUT2D eigenvalue weighted by molar-refractivity contribution is 5.75. The topological polar surface area (TPSA) is 51.1 Å². The zero-order valence-corrected chi connectivity index (χ0v) is 8.98. The molecule has 17 heavy (non-hydrogen) atoms. The van der Waals surface area contributed by atoms with Crippen molar-refractivity contribution < 1.29 is 9.50 Å². The fourth-order valence-corrected chi connectivity index (χ4v) is 1.96. The number of benzene rings is 1. The van der Waals surface area contributed by atoms with E-state index in [9.17, 15) is 10.1 Å². The highest BCUT2D eigenvalue weighted by Crippen LogP contribution is 2.20. The van der Waals surface area contributed by atoms with Crippen LogP contribution < -0.4 is 0 Å². The first kappa shape index (κ1) is 9.77. The molecule has 0 unspecified atom stereocenters. The van der Waals surface area contributed by atoms with Gasteiger partial charge in [0.05, 0.1) is 4.92 Å². The summed E-state index contributed by atoms with van der Waals surface area (Å²) in [6, 6.07) is 10.6. The maximum Gasteiger partial charge on any atom is 0.269 e. The summed E-state index contributed by atoms with van der Waals surface area (Å²) in [5.74, 6) is 0. The summed E-state index contributed by atoms with van der Waals surface area (Å²) in [5, 5.41) is 10.6. The lowest BCUT2D eigenvalue weighted by molar-refractivity contribution is -0.463. The van der Waals surface area contributed by atoms with Crippen LogP contribution in [-0.2, 0) is 6.67 Å². The maximum atomic E-state index is 10.6. The van der Waals surface area contributed by atoms with Crippen molar-refractivity contribution in [3.63, 3.8) is 0 Å². The Bertz CT molecular complexity index is 611. The van der Waals surface area contributed by atoms with Gasteiger partial charge < -0.3 is 0 Å². The third-order valence-corrected chi connectivity index (χ3v) is 2.85. The lowest BCUT2D eigenvalue weighted by Gasteiger charge is -1.97. The fraction of sp³-hybridized carbons (Fsp3) is 0.0833. The van der Waals surface area contributed by atoms with Crippen molar-refractivity contribution in [2.45, 2.75) is 6.67 Å². The van der Waals surface area contributed by atoms with Crippen molar-refractivity contribution in [3.8, 4) is 0 Å². The molecule has 0 spiro atoms. The molecule has 1 aliphatic heterocycles. The van der Waals surface area contributed by atoms with Crippen LogP contribution in [-0.4, -0.2) is 20.3 Å². The molecule has 0 saturated carbocycles. The summed E-state index contributed by atoms with van der Waals surface area (Å²) >= 11 is 0. The molecule has 0 amide bonds. The molecule has 1 aromatic carbocycles.